The van der Waals surface area contributed by atoms with Crippen LogP contribution in [-0.2, 0) is 13.5 Å². The Kier molecular flexibility index (Phi) is 3.47. The number of nitrogens with zero attached hydrogens (tertiary/aromatic N) is 2. The van der Waals surface area contributed by atoms with E-state index in [0.29, 0.717) is 19.6 Å². The molecule has 21 heavy (non-hydrogen) atoms. The summed E-state index contributed by atoms with van der Waals surface area (Å²) in [5, 5.41) is 15.2. The topological polar surface area (TPSA) is 73.3 Å². The van der Waals surface area contributed by atoms with Gasteiger partial charge in [-0.15, -0.1) is 0 Å². The van der Waals surface area contributed by atoms with Crippen LogP contribution in [0.2, 0.25) is 0 Å². The van der Waals surface area contributed by atoms with Crippen LogP contribution in [0, 0.1) is 12.3 Å². The van der Waals surface area contributed by atoms with Crippen molar-refractivity contribution >= 4 is 0 Å². The summed E-state index contributed by atoms with van der Waals surface area (Å²) in [6.07, 6.45) is 1.87. The van der Waals surface area contributed by atoms with Crippen molar-refractivity contribution in [2.75, 3.05) is 13.2 Å². The van der Waals surface area contributed by atoms with Gasteiger partial charge in [0.15, 0.2) is 0 Å². The highest BCUT2D eigenvalue weighted by molar-refractivity contribution is 5.37. The molecule has 0 amide bonds. The third kappa shape index (κ3) is 2.32. The molecule has 5 nitrogen and oxygen atoms in total. The number of aromatic nitrogens is 2. The van der Waals surface area contributed by atoms with E-state index in [1.807, 2.05) is 44.4 Å². The molecule has 2 unspecified atom stereocenters. The zero-order valence-corrected chi connectivity index (χ0v) is 12.4. The zero-order valence-electron chi connectivity index (χ0n) is 12.4. The molecular weight excluding hydrogens is 266 g/mol. The molecule has 0 bridgehead atoms. The lowest BCUT2D eigenvalue weighted by molar-refractivity contribution is -0.0165. The predicted molar refractivity (Wildman–Crippen MR) is 80.0 cm³/mol. The van der Waals surface area contributed by atoms with Crippen molar-refractivity contribution in [2.24, 2.45) is 18.2 Å². The molecule has 1 aliphatic heterocycles. The van der Waals surface area contributed by atoms with Gasteiger partial charge in [0.2, 0.25) is 0 Å². The van der Waals surface area contributed by atoms with Gasteiger partial charge in [-0.1, -0.05) is 18.2 Å². The summed E-state index contributed by atoms with van der Waals surface area (Å²) in [6, 6.07) is 7.92. The molecule has 0 radical (unpaired) electrons. The highest BCUT2D eigenvalue weighted by Gasteiger charge is 2.43. The van der Waals surface area contributed by atoms with Crippen LogP contribution in [0.1, 0.15) is 22.9 Å². The third-order valence-corrected chi connectivity index (χ3v) is 4.36. The number of hydrogen-bond acceptors (Lipinski definition) is 4. The summed E-state index contributed by atoms with van der Waals surface area (Å²) < 4.78 is 7.57. The number of ether oxygens (including phenoxy) is 1. The van der Waals surface area contributed by atoms with Crippen molar-refractivity contribution in [1.82, 2.24) is 9.78 Å². The highest BCUT2D eigenvalue weighted by Crippen LogP contribution is 2.42. The lowest BCUT2D eigenvalue weighted by Gasteiger charge is -2.40. The summed E-state index contributed by atoms with van der Waals surface area (Å²) in [6.45, 7) is 2.67. The number of aryl methyl sites for hydroxylation is 2. The van der Waals surface area contributed by atoms with E-state index in [4.69, 9.17) is 10.5 Å². The molecule has 2 atom stereocenters. The van der Waals surface area contributed by atoms with Gasteiger partial charge in [0.1, 0.15) is 5.75 Å². The molecule has 2 aromatic rings. The second kappa shape index (κ2) is 5.16. The molecule has 3 N–H and O–H groups in total. The molecule has 2 heterocycles. The molecule has 0 fully saturated rings. The Morgan fingerprint density at radius 2 is 2.24 bits per heavy atom. The van der Waals surface area contributed by atoms with Crippen LogP contribution in [0.15, 0.2) is 30.5 Å². The quantitative estimate of drug-likeness (QED) is 0.893. The Labute approximate surface area is 124 Å². The zero-order chi connectivity index (χ0) is 15.0. The fraction of sp³-hybridized carbons (Fsp3) is 0.438. The Balaban J connectivity index is 1.97. The minimum absolute atomic E-state index is 0.358. The molecule has 5 heteroatoms. The first-order valence-corrected chi connectivity index (χ1v) is 7.15. The third-order valence-electron chi connectivity index (χ3n) is 4.36. The molecular formula is C16H21N3O2. The normalized spacial score (nSPS) is 22.5. The maximum atomic E-state index is 10.9. The number of hydrogen-bond donors (Lipinski definition) is 2. The van der Waals surface area contributed by atoms with Gasteiger partial charge in [0.25, 0.3) is 0 Å². The molecule has 0 saturated carbocycles. The Morgan fingerprint density at radius 3 is 2.90 bits per heavy atom. The van der Waals surface area contributed by atoms with E-state index in [1.165, 1.54) is 0 Å². The smallest absolute Gasteiger partial charge is 0.122 e. The second-order valence-electron chi connectivity index (χ2n) is 5.89. The summed E-state index contributed by atoms with van der Waals surface area (Å²) in [4.78, 5) is 0. The van der Waals surface area contributed by atoms with Gasteiger partial charge in [-0.2, -0.15) is 5.10 Å². The van der Waals surface area contributed by atoms with Gasteiger partial charge >= 0.3 is 0 Å². The average Bonchev–Trinajstić information content (AvgIpc) is 2.84. The van der Waals surface area contributed by atoms with Crippen LogP contribution >= 0.6 is 0 Å². The molecule has 112 valence electrons. The Bertz CT molecular complexity index is 653. The van der Waals surface area contributed by atoms with Gasteiger partial charge in [-0.05, 0) is 25.0 Å². The van der Waals surface area contributed by atoms with Crippen molar-refractivity contribution in [3.8, 4) is 5.75 Å². The van der Waals surface area contributed by atoms with Crippen LogP contribution in [0.25, 0.3) is 0 Å². The van der Waals surface area contributed by atoms with Crippen molar-refractivity contribution in [3.63, 3.8) is 0 Å². The highest BCUT2D eigenvalue weighted by atomic mass is 16.5. The van der Waals surface area contributed by atoms with E-state index in [2.05, 4.69) is 5.10 Å². The summed E-state index contributed by atoms with van der Waals surface area (Å²) in [5.41, 5.74) is 8.26. The molecule has 1 aromatic heterocycles. The standard InChI is InChI=1S/C16H21N3O2/c1-11-13(8-19(2)18-11)15(20)16(9-17)7-12-5-3-4-6-14(12)21-10-16/h3-6,8,15,20H,7,9-10,17H2,1-2H3. The fourth-order valence-electron chi connectivity index (χ4n) is 3.08. The molecule has 0 aliphatic carbocycles. The molecule has 3 rings (SSSR count). The average molecular weight is 287 g/mol. The van der Waals surface area contributed by atoms with Crippen molar-refractivity contribution in [2.45, 2.75) is 19.4 Å². The molecule has 1 aliphatic rings. The van der Waals surface area contributed by atoms with Gasteiger partial charge < -0.3 is 15.6 Å². The van der Waals surface area contributed by atoms with E-state index < -0.39 is 11.5 Å². The lowest BCUT2D eigenvalue weighted by atomic mass is 9.73. The predicted octanol–water partition coefficient (Wildman–Crippen LogP) is 1.34. The first-order chi connectivity index (χ1) is 10.1. The summed E-state index contributed by atoms with van der Waals surface area (Å²) in [7, 11) is 1.85. The monoisotopic (exact) mass is 287 g/mol. The Hall–Kier alpha value is -1.85. The molecule has 1 aromatic carbocycles. The minimum atomic E-state index is -0.690. The number of fused-ring (bicyclic) bond motifs is 1. The maximum absolute atomic E-state index is 10.9. The second-order valence-corrected chi connectivity index (χ2v) is 5.89. The SMILES string of the molecule is Cc1nn(C)cc1C(O)C1(CN)COc2ccccc2C1. The van der Waals surface area contributed by atoms with Crippen LogP contribution < -0.4 is 10.5 Å². The van der Waals surface area contributed by atoms with E-state index in [9.17, 15) is 5.11 Å². The number of aliphatic hydroxyl groups excluding tert-OH is 1. The van der Waals surface area contributed by atoms with Crippen molar-refractivity contribution in [3.05, 3.63) is 47.3 Å². The minimum Gasteiger partial charge on any atom is -0.493 e. The molecule has 0 spiro atoms. The van der Waals surface area contributed by atoms with E-state index in [1.54, 1.807) is 4.68 Å². The van der Waals surface area contributed by atoms with Gasteiger partial charge in [-0.3, -0.25) is 4.68 Å². The number of nitrogens with two attached hydrogens (primary N) is 1. The van der Waals surface area contributed by atoms with Crippen LogP contribution in [0.5, 0.6) is 5.75 Å². The number of benzene rings is 1. The summed E-state index contributed by atoms with van der Waals surface area (Å²) >= 11 is 0. The lowest BCUT2D eigenvalue weighted by Crippen LogP contribution is -2.46. The first kappa shape index (κ1) is 14.1. The van der Waals surface area contributed by atoms with Gasteiger partial charge in [0.05, 0.1) is 23.8 Å². The largest absolute Gasteiger partial charge is 0.493 e. The van der Waals surface area contributed by atoms with Crippen LogP contribution in [0.3, 0.4) is 0 Å². The van der Waals surface area contributed by atoms with Crippen LogP contribution in [0.4, 0.5) is 0 Å². The van der Waals surface area contributed by atoms with Crippen molar-refractivity contribution in [1.29, 1.82) is 0 Å². The number of rotatable bonds is 3. The van der Waals surface area contributed by atoms with Gasteiger partial charge in [0, 0.05) is 25.4 Å². The van der Waals surface area contributed by atoms with Gasteiger partial charge in [-0.25, -0.2) is 0 Å². The van der Waals surface area contributed by atoms with E-state index in [-0.39, 0.29) is 0 Å². The van der Waals surface area contributed by atoms with E-state index >= 15 is 0 Å². The van der Waals surface area contributed by atoms with Crippen LogP contribution in [-0.4, -0.2) is 28.0 Å². The summed E-state index contributed by atoms with van der Waals surface area (Å²) in [5.74, 6) is 0.886. The Morgan fingerprint density at radius 1 is 1.48 bits per heavy atom. The first-order valence-electron chi connectivity index (χ1n) is 7.15. The van der Waals surface area contributed by atoms with E-state index in [0.717, 1.165) is 22.6 Å². The van der Waals surface area contributed by atoms with Crippen molar-refractivity contribution < 1.29 is 9.84 Å². The number of para-hydroxylation sites is 1. The maximum Gasteiger partial charge on any atom is 0.122 e. The fourth-order valence-corrected chi connectivity index (χ4v) is 3.08. The number of aliphatic hydroxyl groups is 1. The molecule has 0 saturated heterocycles.